The van der Waals surface area contributed by atoms with E-state index in [1.165, 1.54) is 18.4 Å². The van der Waals surface area contributed by atoms with Crippen LogP contribution in [0.2, 0.25) is 0 Å². The molecular formula is C19H32N2O2. The van der Waals surface area contributed by atoms with Gasteiger partial charge in [0.15, 0.2) is 0 Å². The van der Waals surface area contributed by atoms with Gasteiger partial charge in [-0.25, -0.2) is 0 Å². The second-order valence-corrected chi connectivity index (χ2v) is 7.46. The summed E-state index contributed by atoms with van der Waals surface area (Å²) in [6, 6.07) is 8.64. The van der Waals surface area contributed by atoms with E-state index in [0.29, 0.717) is 17.8 Å². The van der Waals surface area contributed by atoms with Crippen LogP contribution in [0.1, 0.15) is 45.6 Å². The van der Waals surface area contributed by atoms with Crippen molar-refractivity contribution in [3.8, 4) is 5.75 Å². The number of rotatable bonds is 7. The average Bonchev–Trinajstić information content (AvgIpc) is 2.49. The Morgan fingerprint density at radius 2 is 2.04 bits per heavy atom. The van der Waals surface area contributed by atoms with Crippen LogP contribution in [0.4, 0.5) is 0 Å². The predicted molar refractivity (Wildman–Crippen MR) is 94.7 cm³/mol. The molecule has 2 rings (SSSR count). The van der Waals surface area contributed by atoms with Crippen LogP contribution in [0.3, 0.4) is 0 Å². The number of nitrogens with zero attached hydrogens (tertiary/aromatic N) is 1. The van der Waals surface area contributed by atoms with Crippen LogP contribution >= 0.6 is 0 Å². The second kappa shape index (κ2) is 8.13. The number of nitrogens with one attached hydrogen (secondary N) is 1. The monoisotopic (exact) mass is 320 g/mol. The lowest BCUT2D eigenvalue weighted by Crippen LogP contribution is -2.47. The number of methoxy groups -OCH3 is 1. The van der Waals surface area contributed by atoms with Crippen molar-refractivity contribution in [2.24, 2.45) is 0 Å². The van der Waals surface area contributed by atoms with Gasteiger partial charge in [0.05, 0.1) is 5.60 Å². The third kappa shape index (κ3) is 6.13. The molecule has 0 aliphatic carbocycles. The van der Waals surface area contributed by atoms with Gasteiger partial charge >= 0.3 is 0 Å². The highest BCUT2D eigenvalue weighted by atomic mass is 16.5. The van der Waals surface area contributed by atoms with Crippen molar-refractivity contribution in [3.05, 3.63) is 29.8 Å². The van der Waals surface area contributed by atoms with Gasteiger partial charge < -0.3 is 15.2 Å². The van der Waals surface area contributed by atoms with Gasteiger partial charge in [0.25, 0.3) is 0 Å². The summed E-state index contributed by atoms with van der Waals surface area (Å²) in [6.45, 7) is 9.67. The van der Waals surface area contributed by atoms with Crippen molar-refractivity contribution < 1.29 is 9.84 Å². The molecule has 23 heavy (non-hydrogen) atoms. The maximum absolute atomic E-state index is 9.56. The van der Waals surface area contributed by atoms with Crippen LogP contribution < -0.4 is 5.32 Å². The molecule has 1 saturated heterocycles. The van der Waals surface area contributed by atoms with Crippen LogP contribution in [0.5, 0.6) is 5.75 Å². The Labute approximate surface area is 140 Å². The number of benzene rings is 1. The SMILES string of the molecule is COC(C)(C)C[C@@H](C)NC1CCN(Cc2cccc(O)c2)CC1. The normalized spacial score (nSPS) is 19.0. The Morgan fingerprint density at radius 1 is 1.35 bits per heavy atom. The average molecular weight is 320 g/mol. The number of aromatic hydroxyl groups is 1. The lowest BCUT2D eigenvalue weighted by atomic mass is 9.97. The zero-order valence-corrected chi connectivity index (χ0v) is 15.0. The van der Waals surface area contributed by atoms with Crippen LogP contribution in [-0.4, -0.2) is 47.9 Å². The molecule has 0 unspecified atom stereocenters. The highest BCUT2D eigenvalue weighted by Gasteiger charge is 2.24. The predicted octanol–water partition coefficient (Wildman–Crippen LogP) is 3.15. The second-order valence-electron chi connectivity index (χ2n) is 7.46. The first-order valence-corrected chi connectivity index (χ1v) is 8.69. The minimum absolute atomic E-state index is 0.0670. The topological polar surface area (TPSA) is 44.7 Å². The van der Waals surface area contributed by atoms with Gasteiger partial charge in [0, 0.05) is 25.7 Å². The number of phenols is 1. The molecule has 4 nitrogen and oxygen atoms in total. The molecule has 1 heterocycles. The number of hydrogen-bond donors (Lipinski definition) is 2. The fourth-order valence-electron chi connectivity index (χ4n) is 3.45. The number of likely N-dealkylation sites (tertiary alicyclic amines) is 1. The van der Waals surface area contributed by atoms with Crippen molar-refractivity contribution in [2.45, 2.75) is 64.3 Å². The molecule has 2 N–H and O–H groups in total. The Morgan fingerprint density at radius 3 is 2.65 bits per heavy atom. The lowest BCUT2D eigenvalue weighted by molar-refractivity contribution is 0.00686. The summed E-state index contributed by atoms with van der Waals surface area (Å²) in [6.07, 6.45) is 3.38. The third-order valence-corrected chi connectivity index (χ3v) is 4.77. The summed E-state index contributed by atoms with van der Waals surface area (Å²) in [5, 5.41) is 13.3. The first-order valence-electron chi connectivity index (χ1n) is 8.69. The van der Waals surface area contributed by atoms with Gasteiger partial charge in [-0.3, -0.25) is 4.90 Å². The number of phenolic OH excluding ortho intramolecular Hbond substituents is 1. The molecule has 1 fully saturated rings. The molecule has 1 aromatic rings. The van der Waals surface area contributed by atoms with Crippen molar-refractivity contribution >= 4 is 0 Å². The van der Waals surface area contributed by atoms with Gasteiger partial charge in [-0.05, 0) is 70.8 Å². The first kappa shape index (κ1) is 18.2. The number of ether oxygens (including phenoxy) is 1. The van der Waals surface area contributed by atoms with E-state index in [2.05, 4.69) is 37.1 Å². The Hall–Kier alpha value is -1.10. The number of hydrogen-bond acceptors (Lipinski definition) is 4. The van der Waals surface area contributed by atoms with Gasteiger partial charge in [-0.15, -0.1) is 0 Å². The minimum Gasteiger partial charge on any atom is -0.508 e. The number of piperidine rings is 1. The van der Waals surface area contributed by atoms with Gasteiger partial charge in [-0.1, -0.05) is 12.1 Å². The van der Waals surface area contributed by atoms with Crippen molar-refractivity contribution in [3.63, 3.8) is 0 Å². The molecule has 130 valence electrons. The molecule has 0 saturated carbocycles. The van der Waals surface area contributed by atoms with Crippen LogP contribution in [-0.2, 0) is 11.3 Å². The highest BCUT2D eigenvalue weighted by molar-refractivity contribution is 5.27. The summed E-state index contributed by atoms with van der Waals surface area (Å²) in [5.74, 6) is 0.355. The molecule has 1 atom stereocenters. The summed E-state index contributed by atoms with van der Waals surface area (Å²) < 4.78 is 5.52. The van der Waals surface area contributed by atoms with E-state index in [4.69, 9.17) is 4.74 Å². The summed E-state index contributed by atoms with van der Waals surface area (Å²) in [4.78, 5) is 2.47. The van der Waals surface area contributed by atoms with E-state index in [9.17, 15) is 5.11 Å². The molecule has 1 aliphatic heterocycles. The molecule has 0 aromatic heterocycles. The molecule has 0 bridgehead atoms. The molecule has 1 aliphatic rings. The summed E-state index contributed by atoms with van der Waals surface area (Å²) in [7, 11) is 1.78. The molecule has 1 aromatic carbocycles. The maximum Gasteiger partial charge on any atom is 0.115 e. The summed E-state index contributed by atoms with van der Waals surface area (Å²) >= 11 is 0. The molecule has 0 amide bonds. The van der Waals surface area contributed by atoms with Gasteiger partial charge in [-0.2, -0.15) is 0 Å². The Balaban J connectivity index is 1.73. The van der Waals surface area contributed by atoms with E-state index in [0.717, 1.165) is 26.1 Å². The highest BCUT2D eigenvalue weighted by Crippen LogP contribution is 2.19. The fourth-order valence-corrected chi connectivity index (χ4v) is 3.45. The molecule has 0 radical (unpaired) electrons. The van der Waals surface area contributed by atoms with E-state index >= 15 is 0 Å². The quantitative estimate of drug-likeness (QED) is 0.810. The van der Waals surface area contributed by atoms with E-state index in [1.54, 1.807) is 13.2 Å². The zero-order chi connectivity index (χ0) is 16.9. The smallest absolute Gasteiger partial charge is 0.115 e. The molecule has 0 spiro atoms. The van der Waals surface area contributed by atoms with Gasteiger partial charge in [0.2, 0.25) is 0 Å². The minimum atomic E-state index is -0.0670. The van der Waals surface area contributed by atoms with E-state index in [1.807, 2.05) is 12.1 Å². The van der Waals surface area contributed by atoms with Gasteiger partial charge in [0.1, 0.15) is 5.75 Å². The van der Waals surface area contributed by atoms with Crippen molar-refractivity contribution in [2.75, 3.05) is 20.2 Å². The largest absolute Gasteiger partial charge is 0.508 e. The molecular weight excluding hydrogens is 288 g/mol. The lowest BCUT2D eigenvalue weighted by Gasteiger charge is -2.35. The maximum atomic E-state index is 9.56. The fraction of sp³-hybridized carbons (Fsp3) is 0.684. The third-order valence-electron chi connectivity index (χ3n) is 4.77. The Bertz CT molecular complexity index is 482. The van der Waals surface area contributed by atoms with Crippen LogP contribution in [0.25, 0.3) is 0 Å². The van der Waals surface area contributed by atoms with Crippen molar-refractivity contribution in [1.29, 1.82) is 0 Å². The van der Waals surface area contributed by atoms with E-state index in [-0.39, 0.29) is 5.60 Å². The molecule has 4 heteroatoms. The summed E-state index contributed by atoms with van der Waals surface area (Å²) in [5.41, 5.74) is 1.12. The van der Waals surface area contributed by atoms with Crippen LogP contribution in [0.15, 0.2) is 24.3 Å². The zero-order valence-electron chi connectivity index (χ0n) is 15.0. The van der Waals surface area contributed by atoms with Crippen molar-refractivity contribution in [1.82, 2.24) is 10.2 Å². The Kier molecular flexibility index (Phi) is 6.45. The van der Waals surface area contributed by atoms with E-state index < -0.39 is 0 Å². The standard InChI is InChI=1S/C19H32N2O2/c1-15(13-19(2,3)23-4)20-17-8-10-21(11-9-17)14-16-6-5-7-18(22)12-16/h5-7,12,15,17,20,22H,8-11,13-14H2,1-4H3/t15-/m1/s1. The first-order chi connectivity index (χ1) is 10.9. The van der Waals surface area contributed by atoms with Crippen LogP contribution in [0, 0.1) is 0 Å².